The molecule has 0 amide bonds. The molecule has 1 aromatic carbocycles. The topological polar surface area (TPSA) is 49.3 Å². The molecule has 0 radical (unpaired) electrons. The number of hydrogen-bond acceptors (Lipinski definition) is 2. The third-order valence-corrected chi connectivity index (χ3v) is 3.53. The number of aliphatic carboxylic acids is 1. The molecular weight excluding hydrogens is 261 g/mol. The van der Waals surface area contributed by atoms with Crippen LogP contribution in [0, 0.1) is 0 Å². The number of halogens is 2. The molecule has 1 atom stereocenters. The fourth-order valence-electron chi connectivity index (χ4n) is 1.77. The molecule has 1 aromatic rings. The molecule has 0 heterocycles. The summed E-state index contributed by atoms with van der Waals surface area (Å²) in [4.78, 5) is 11.5. The zero-order valence-corrected chi connectivity index (χ0v) is 10.8. The van der Waals surface area contributed by atoms with E-state index in [9.17, 15) is 9.90 Å². The minimum Gasteiger partial charge on any atom is -0.480 e. The fourth-order valence-corrected chi connectivity index (χ4v) is 2.25. The van der Waals surface area contributed by atoms with Crippen molar-refractivity contribution in [1.82, 2.24) is 5.32 Å². The average Bonchev–Trinajstić information content (AvgIpc) is 3.05. The van der Waals surface area contributed by atoms with Crippen LogP contribution in [0.4, 0.5) is 0 Å². The van der Waals surface area contributed by atoms with E-state index in [1.54, 1.807) is 25.1 Å². The monoisotopic (exact) mass is 273 g/mol. The van der Waals surface area contributed by atoms with Gasteiger partial charge in [0.05, 0.1) is 0 Å². The quantitative estimate of drug-likeness (QED) is 0.887. The second kappa shape index (κ2) is 4.48. The number of rotatable bonds is 4. The van der Waals surface area contributed by atoms with Gasteiger partial charge in [-0.15, -0.1) is 0 Å². The maximum absolute atomic E-state index is 11.5. The summed E-state index contributed by atoms with van der Waals surface area (Å²) in [5, 5.41) is 13.4. The second-order valence-electron chi connectivity index (χ2n) is 4.47. The minimum atomic E-state index is -1.19. The molecule has 1 saturated carbocycles. The van der Waals surface area contributed by atoms with Gasteiger partial charge in [-0.25, -0.2) is 4.79 Å². The van der Waals surface area contributed by atoms with E-state index in [1.807, 2.05) is 0 Å². The van der Waals surface area contributed by atoms with Crippen LogP contribution in [0.25, 0.3) is 0 Å². The van der Waals surface area contributed by atoms with Crippen LogP contribution in [0.2, 0.25) is 10.0 Å². The van der Waals surface area contributed by atoms with Crippen LogP contribution in [0.5, 0.6) is 0 Å². The van der Waals surface area contributed by atoms with Crippen LogP contribution in [-0.2, 0) is 10.3 Å². The summed E-state index contributed by atoms with van der Waals surface area (Å²) in [6, 6.07) is 5.13. The first-order chi connectivity index (χ1) is 7.93. The Bertz CT molecular complexity index is 460. The average molecular weight is 274 g/mol. The van der Waals surface area contributed by atoms with Crippen molar-refractivity contribution in [3.05, 3.63) is 33.8 Å². The van der Waals surface area contributed by atoms with Crippen molar-refractivity contribution in [2.75, 3.05) is 0 Å². The Balaban J connectivity index is 2.43. The minimum absolute atomic E-state index is 0.256. The number of nitrogens with one attached hydrogen (secondary N) is 1. The van der Waals surface area contributed by atoms with Crippen LogP contribution >= 0.6 is 23.2 Å². The van der Waals surface area contributed by atoms with E-state index < -0.39 is 11.5 Å². The molecule has 1 fully saturated rings. The van der Waals surface area contributed by atoms with Crippen LogP contribution < -0.4 is 5.32 Å². The first-order valence-corrected chi connectivity index (χ1v) is 6.15. The van der Waals surface area contributed by atoms with E-state index in [0.29, 0.717) is 15.6 Å². The van der Waals surface area contributed by atoms with Gasteiger partial charge in [0.2, 0.25) is 0 Å². The lowest BCUT2D eigenvalue weighted by Crippen LogP contribution is -2.48. The smallest absolute Gasteiger partial charge is 0.328 e. The molecule has 1 aliphatic rings. The van der Waals surface area contributed by atoms with Gasteiger partial charge in [0, 0.05) is 21.7 Å². The molecule has 1 unspecified atom stereocenters. The van der Waals surface area contributed by atoms with Gasteiger partial charge in [-0.2, -0.15) is 0 Å². The predicted molar refractivity (Wildman–Crippen MR) is 67.6 cm³/mol. The van der Waals surface area contributed by atoms with Crippen molar-refractivity contribution < 1.29 is 9.90 Å². The van der Waals surface area contributed by atoms with Gasteiger partial charge in [-0.3, -0.25) is 5.32 Å². The Morgan fingerprint density at radius 2 is 2.12 bits per heavy atom. The van der Waals surface area contributed by atoms with Crippen molar-refractivity contribution in [1.29, 1.82) is 0 Å². The van der Waals surface area contributed by atoms with Crippen LogP contribution in [-0.4, -0.2) is 17.1 Å². The maximum atomic E-state index is 11.5. The second-order valence-corrected chi connectivity index (χ2v) is 5.32. The van der Waals surface area contributed by atoms with Crippen molar-refractivity contribution in [3.8, 4) is 0 Å². The van der Waals surface area contributed by atoms with Crippen LogP contribution in [0.3, 0.4) is 0 Å². The number of benzene rings is 1. The molecule has 2 rings (SSSR count). The highest BCUT2D eigenvalue weighted by Gasteiger charge is 2.41. The summed E-state index contributed by atoms with van der Waals surface area (Å²) in [7, 11) is 0. The number of hydrogen-bond donors (Lipinski definition) is 2. The molecule has 2 N–H and O–H groups in total. The van der Waals surface area contributed by atoms with Gasteiger partial charge >= 0.3 is 5.97 Å². The molecule has 0 spiro atoms. The summed E-state index contributed by atoms with van der Waals surface area (Å²) < 4.78 is 0. The van der Waals surface area contributed by atoms with Gasteiger partial charge in [0.15, 0.2) is 0 Å². The van der Waals surface area contributed by atoms with Crippen LogP contribution in [0.1, 0.15) is 25.3 Å². The molecule has 92 valence electrons. The summed E-state index contributed by atoms with van der Waals surface area (Å²) >= 11 is 12.0. The number of carbonyl (C=O) groups is 1. The van der Waals surface area contributed by atoms with E-state index >= 15 is 0 Å². The molecule has 17 heavy (non-hydrogen) atoms. The Hall–Kier alpha value is -0.770. The highest BCUT2D eigenvalue weighted by Crippen LogP contribution is 2.34. The molecule has 3 nitrogen and oxygen atoms in total. The SMILES string of the molecule is CC(NC1CC1)(C(=O)O)c1cc(Cl)ccc1Cl. The van der Waals surface area contributed by atoms with E-state index in [2.05, 4.69) is 5.32 Å². The third kappa shape index (κ3) is 2.57. The summed E-state index contributed by atoms with van der Waals surface area (Å²) in [5.74, 6) is -0.950. The Morgan fingerprint density at radius 1 is 1.47 bits per heavy atom. The van der Waals surface area contributed by atoms with Gasteiger partial charge < -0.3 is 5.11 Å². The Morgan fingerprint density at radius 3 is 2.65 bits per heavy atom. The number of carboxylic acid groups (broad SMARTS) is 1. The summed E-state index contributed by atoms with van der Waals surface area (Å²) in [6.45, 7) is 1.62. The normalized spacial score (nSPS) is 18.8. The molecule has 5 heteroatoms. The summed E-state index contributed by atoms with van der Waals surface area (Å²) in [6.07, 6.45) is 2.00. The van der Waals surface area contributed by atoms with E-state index in [0.717, 1.165) is 12.8 Å². The van der Waals surface area contributed by atoms with Crippen molar-refractivity contribution in [3.63, 3.8) is 0 Å². The molecule has 0 aromatic heterocycles. The molecule has 0 bridgehead atoms. The van der Waals surface area contributed by atoms with Crippen molar-refractivity contribution >= 4 is 29.2 Å². The summed E-state index contributed by atoms with van der Waals surface area (Å²) in [5.41, 5.74) is -0.686. The van der Waals surface area contributed by atoms with E-state index in [-0.39, 0.29) is 6.04 Å². The van der Waals surface area contributed by atoms with E-state index in [4.69, 9.17) is 23.2 Å². The van der Waals surface area contributed by atoms with Crippen molar-refractivity contribution in [2.24, 2.45) is 0 Å². The Labute approximate surface area is 110 Å². The van der Waals surface area contributed by atoms with Crippen LogP contribution in [0.15, 0.2) is 18.2 Å². The molecular formula is C12H13Cl2NO2. The standard InChI is InChI=1S/C12H13Cl2NO2/c1-12(11(16)17,15-8-3-4-8)9-6-7(13)2-5-10(9)14/h2,5-6,8,15H,3-4H2,1H3,(H,16,17). The highest BCUT2D eigenvalue weighted by atomic mass is 35.5. The zero-order chi connectivity index (χ0) is 12.6. The van der Waals surface area contributed by atoms with Gasteiger partial charge in [0.1, 0.15) is 5.54 Å². The fraction of sp³-hybridized carbons (Fsp3) is 0.417. The van der Waals surface area contributed by atoms with Crippen molar-refractivity contribution in [2.45, 2.75) is 31.3 Å². The lowest BCUT2D eigenvalue weighted by molar-refractivity contribution is -0.144. The largest absolute Gasteiger partial charge is 0.480 e. The molecule has 1 aliphatic carbocycles. The maximum Gasteiger partial charge on any atom is 0.328 e. The Kier molecular flexibility index (Phi) is 3.34. The van der Waals surface area contributed by atoms with Gasteiger partial charge in [-0.1, -0.05) is 23.2 Å². The first-order valence-electron chi connectivity index (χ1n) is 5.40. The first kappa shape index (κ1) is 12.7. The predicted octanol–water partition coefficient (Wildman–Crippen LogP) is 3.05. The number of carboxylic acids is 1. The molecule has 0 aliphatic heterocycles. The molecule has 0 saturated heterocycles. The zero-order valence-electron chi connectivity index (χ0n) is 9.34. The lowest BCUT2D eigenvalue weighted by atomic mass is 9.92. The van der Waals surface area contributed by atoms with Gasteiger partial charge in [0.25, 0.3) is 0 Å². The highest BCUT2D eigenvalue weighted by molar-refractivity contribution is 6.33. The van der Waals surface area contributed by atoms with E-state index in [1.165, 1.54) is 0 Å². The lowest BCUT2D eigenvalue weighted by Gasteiger charge is -2.28. The third-order valence-electron chi connectivity index (χ3n) is 2.96. The van der Waals surface area contributed by atoms with Gasteiger partial charge in [-0.05, 0) is 38.0 Å².